The van der Waals surface area contributed by atoms with Crippen molar-refractivity contribution in [2.24, 2.45) is 5.41 Å². The Morgan fingerprint density at radius 2 is 2.05 bits per heavy atom. The molecular formula is C15H20ClN3O2. The van der Waals surface area contributed by atoms with Crippen LogP contribution in [0, 0.1) is 5.41 Å². The molecule has 2 rings (SSSR count). The van der Waals surface area contributed by atoms with Crippen LogP contribution in [0.3, 0.4) is 0 Å². The monoisotopic (exact) mass is 309 g/mol. The minimum atomic E-state index is -0.239. The number of hydrogen-bond acceptors (Lipinski definition) is 5. The van der Waals surface area contributed by atoms with Crippen molar-refractivity contribution in [3.8, 4) is 11.5 Å². The van der Waals surface area contributed by atoms with E-state index in [0.717, 1.165) is 0 Å². The number of rotatable bonds is 4. The van der Waals surface area contributed by atoms with Crippen molar-refractivity contribution < 1.29 is 9.26 Å². The third-order valence-electron chi connectivity index (χ3n) is 2.96. The second-order valence-electron chi connectivity index (χ2n) is 5.93. The number of ether oxygens (including phenoxy) is 1. The number of aromatic nitrogens is 2. The standard InChI is InChI=1S/C15H20ClN3O2/c1-5-20-12(15(2,3)4)13-18-14(21-19-13)9-6-10(16)8-11(17)7-9/h6-8,12H,5,17H2,1-4H3. The van der Waals surface area contributed by atoms with E-state index in [2.05, 4.69) is 30.9 Å². The average molecular weight is 310 g/mol. The number of nitrogen functional groups attached to an aromatic ring is 1. The summed E-state index contributed by atoms with van der Waals surface area (Å²) in [4.78, 5) is 4.43. The van der Waals surface area contributed by atoms with Gasteiger partial charge >= 0.3 is 0 Å². The van der Waals surface area contributed by atoms with Crippen LogP contribution in [-0.4, -0.2) is 16.7 Å². The van der Waals surface area contributed by atoms with Gasteiger partial charge in [0.1, 0.15) is 6.10 Å². The Bertz CT molecular complexity index is 599. The first-order valence-electron chi connectivity index (χ1n) is 6.83. The zero-order valence-corrected chi connectivity index (χ0v) is 13.4. The Balaban J connectivity index is 2.36. The molecule has 1 heterocycles. The first-order chi connectivity index (χ1) is 9.81. The molecule has 6 heteroatoms. The van der Waals surface area contributed by atoms with Gasteiger partial charge in [0.25, 0.3) is 5.89 Å². The van der Waals surface area contributed by atoms with Gasteiger partial charge in [0.15, 0.2) is 0 Å². The van der Waals surface area contributed by atoms with Crippen molar-refractivity contribution in [2.45, 2.75) is 33.8 Å². The molecule has 0 aliphatic heterocycles. The second-order valence-corrected chi connectivity index (χ2v) is 6.37. The molecule has 5 nitrogen and oxygen atoms in total. The smallest absolute Gasteiger partial charge is 0.258 e. The van der Waals surface area contributed by atoms with E-state index in [1.165, 1.54) is 0 Å². The van der Waals surface area contributed by atoms with E-state index in [4.69, 9.17) is 26.6 Å². The molecule has 1 unspecified atom stereocenters. The molecule has 1 aromatic carbocycles. The van der Waals surface area contributed by atoms with Crippen molar-refractivity contribution in [3.63, 3.8) is 0 Å². The fraction of sp³-hybridized carbons (Fsp3) is 0.467. The van der Waals surface area contributed by atoms with Gasteiger partial charge in [0.05, 0.1) is 0 Å². The van der Waals surface area contributed by atoms with E-state index in [1.807, 2.05) is 6.92 Å². The van der Waals surface area contributed by atoms with Crippen LogP contribution in [0.4, 0.5) is 5.69 Å². The summed E-state index contributed by atoms with van der Waals surface area (Å²) in [7, 11) is 0. The van der Waals surface area contributed by atoms with Crippen molar-refractivity contribution >= 4 is 17.3 Å². The van der Waals surface area contributed by atoms with Crippen LogP contribution in [-0.2, 0) is 4.74 Å². The second kappa shape index (κ2) is 6.03. The molecule has 0 saturated heterocycles. The molecule has 0 radical (unpaired) electrons. The molecule has 2 aromatic rings. The average Bonchev–Trinajstić information content (AvgIpc) is 2.82. The summed E-state index contributed by atoms with van der Waals surface area (Å²) < 4.78 is 11.1. The molecule has 1 aromatic heterocycles. The van der Waals surface area contributed by atoms with Crippen LogP contribution < -0.4 is 5.73 Å². The maximum Gasteiger partial charge on any atom is 0.258 e. The van der Waals surface area contributed by atoms with E-state index in [0.29, 0.717) is 34.6 Å². The summed E-state index contributed by atoms with van der Waals surface area (Å²) in [5.41, 5.74) is 6.89. The van der Waals surface area contributed by atoms with Crippen LogP contribution in [0.5, 0.6) is 0 Å². The fourth-order valence-corrected chi connectivity index (χ4v) is 2.32. The van der Waals surface area contributed by atoms with E-state index in [1.54, 1.807) is 18.2 Å². The van der Waals surface area contributed by atoms with Gasteiger partial charge in [0, 0.05) is 22.9 Å². The first-order valence-corrected chi connectivity index (χ1v) is 7.20. The molecule has 0 fully saturated rings. The minimum Gasteiger partial charge on any atom is -0.399 e. The molecule has 0 aliphatic rings. The lowest BCUT2D eigenvalue weighted by atomic mass is 9.88. The zero-order valence-electron chi connectivity index (χ0n) is 12.7. The topological polar surface area (TPSA) is 74.2 Å². The molecular weight excluding hydrogens is 290 g/mol. The van der Waals surface area contributed by atoms with Gasteiger partial charge in [-0.2, -0.15) is 4.98 Å². The predicted octanol–water partition coefficient (Wildman–Crippen LogP) is 4.10. The maximum atomic E-state index is 6.00. The van der Waals surface area contributed by atoms with E-state index >= 15 is 0 Å². The van der Waals surface area contributed by atoms with E-state index < -0.39 is 0 Å². The SMILES string of the molecule is CCOC(c1noc(-c2cc(N)cc(Cl)c2)n1)C(C)(C)C. The van der Waals surface area contributed by atoms with Crippen molar-refractivity contribution in [2.75, 3.05) is 12.3 Å². The van der Waals surface area contributed by atoms with Crippen LogP contribution in [0.1, 0.15) is 39.6 Å². The van der Waals surface area contributed by atoms with Gasteiger partial charge < -0.3 is 15.0 Å². The molecule has 114 valence electrons. The largest absolute Gasteiger partial charge is 0.399 e. The summed E-state index contributed by atoms with van der Waals surface area (Å²) in [6, 6.07) is 5.15. The van der Waals surface area contributed by atoms with Crippen LogP contribution in [0.2, 0.25) is 5.02 Å². The quantitative estimate of drug-likeness (QED) is 0.861. The van der Waals surface area contributed by atoms with E-state index in [-0.39, 0.29) is 11.5 Å². The summed E-state index contributed by atoms with van der Waals surface area (Å²) in [6.07, 6.45) is -0.239. The first kappa shape index (κ1) is 15.8. The predicted molar refractivity (Wildman–Crippen MR) is 83.0 cm³/mol. The highest BCUT2D eigenvalue weighted by Crippen LogP contribution is 2.35. The fourth-order valence-electron chi connectivity index (χ4n) is 2.07. The molecule has 0 saturated carbocycles. The van der Waals surface area contributed by atoms with Gasteiger partial charge in [0.2, 0.25) is 5.82 Å². The summed E-state index contributed by atoms with van der Waals surface area (Å²) in [5.74, 6) is 0.908. The van der Waals surface area contributed by atoms with Gasteiger partial charge in [-0.05, 0) is 30.5 Å². The minimum absolute atomic E-state index is 0.134. The highest BCUT2D eigenvalue weighted by atomic mass is 35.5. The third-order valence-corrected chi connectivity index (χ3v) is 3.18. The maximum absolute atomic E-state index is 6.00. The molecule has 1 atom stereocenters. The van der Waals surface area contributed by atoms with Crippen LogP contribution in [0.25, 0.3) is 11.5 Å². The number of benzene rings is 1. The Labute approximate surface area is 129 Å². The Morgan fingerprint density at radius 3 is 2.62 bits per heavy atom. The highest BCUT2D eigenvalue weighted by Gasteiger charge is 2.31. The summed E-state index contributed by atoms with van der Waals surface area (Å²) in [6.45, 7) is 8.73. The Hall–Kier alpha value is -1.59. The lowest BCUT2D eigenvalue weighted by Crippen LogP contribution is -2.22. The number of halogens is 1. The van der Waals surface area contributed by atoms with E-state index in [9.17, 15) is 0 Å². The van der Waals surface area contributed by atoms with Crippen LogP contribution in [0.15, 0.2) is 22.7 Å². The van der Waals surface area contributed by atoms with Gasteiger partial charge in [-0.1, -0.05) is 37.5 Å². The van der Waals surface area contributed by atoms with Gasteiger partial charge in [-0.3, -0.25) is 0 Å². The number of anilines is 1. The molecule has 21 heavy (non-hydrogen) atoms. The molecule has 2 N–H and O–H groups in total. The molecule has 0 bridgehead atoms. The lowest BCUT2D eigenvalue weighted by Gasteiger charge is -2.27. The lowest BCUT2D eigenvalue weighted by molar-refractivity contribution is -0.0203. The number of hydrogen-bond donors (Lipinski definition) is 1. The highest BCUT2D eigenvalue weighted by molar-refractivity contribution is 6.31. The van der Waals surface area contributed by atoms with Crippen molar-refractivity contribution in [3.05, 3.63) is 29.0 Å². The Kier molecular flexibility index (Phi) is 4.54. The van der Waals surface area contributed by atoms with Gasteiger partial charge in [-0.15, -0.1) is 0 Å². The Morgan fingerprint density at radius 1 is 1.33 bits per heavy atom. The summed E-state index contributed by atoms with van der Waals surface area (Å²) in [5, 5.41) is 4.57. The summed E-state index contributed by atoms with van der Waals surface area (Å²) >= 11 is 6.00. The van der Waals surface area contributed by atoms with Gasteiger partial charge in [-0.25, -0.2) is 0 Å². The zero-order chi connectivity index (χ0) is 15.6. The third kappa shape index (κ3) is 3.74. The van der Waals surface area contributed by atoms with Crippen molar-refractivity contribution in [1.29, 1.82) is 0 Å². The van der Waals surface area contributed by atoms with Crippen molar-refractivity contribution in [1.82, 2.24) is 10.1 Å². The molecule has 0 spiro atoms. The number of nitrogens with zero attached hydrogens (tertiary/aromatic N) is 2. The van der Waals surface area contributed by atoms with Crippen LogP contribution >= 0.6 is 11.6 Å². The molecule has 0 aliphatic carbocycles. The number of nitrogens with two attached hydrogens (primary N) is 1. The molecule has 0 amide bonds. The normalized spacial score (nSPS) is 13.4.